The summed E-state index contributed by atoms with van der Waals surface area (Å²) >= 11 is 0. The summed E-state index contributed by atoms with van der Waals surface area (Å²) in [5, 5.41) is 6.40. The van der Waals surface area contributed by atoms with Crippen LogP contribution in [0.5, 0.6) is 0 Å². The van der Waals surface area contributed by atoms with E-state index in [4.69, 9.17) is 9.73 Å². The number of amides is 1. The zero-order valence-corrected chi connectivity index (χ0v) is 19.7. The number of rotatable bonds is 8. The van der Waals surface area contributed by atoms with Crippen LogP contribution in [0.4, 0.5) is 4.79 Å². The second-order valence-electron chi connectivity index (χ2n) is 7.68. The lowest BCUT2D eigenvalue weighted by atomic mass is 10.2. The molecule has 2 aliphatic rings. The zero-order valence-electron chi connectivity index (χ0n) is 17.4. The Hall–Kier alpha value is -0.770. The average molecular weight is 495 g/mol. The van der Waals surface area contributed by atoms with Crippen LogP contribution in [0.15, 0.2) is 4.99 Å². The van der Waals surface area contributed by atoms with Crippen molar-refractivity contribution < 1.29 is 9.53 Å². The summed E-state index contributed by atoms with van der Waals surface area (Å²) in [6.07, 6.45) is 2.00. The van der Waals surface area contributed by atoms with Crippen LogP contribution in [0.1, 0.15) is 40.5 Å². The standard InChI is InChI=1S/C19H37N5O2.HI/c1-5-20-18(24-11-9-23(10-12-24)14-15(3)4)21-13-17(16-7-8-16)22-19(25)26-6-2;/h15-17H,5-14H2,1-4H3,(H,20,21)(H,22,25);1H. The van der Waals surface area contributed by atoms with Gasteiger partial charge in [-0.2, -0.15) is 0 Å². The van der Waals surface area contributed by atoms with Crippen molar-refractivity contribution >= 4 is 36.0 Å². The molecule has 1 aliphatic heterocycles. The van der Waals surface area contributed by atoms with Gasteiger partial charge in [0.1, 0.15) is 0 Å². The molecule has 0 aromatic heterocycles. The largest absolute Gasteiger partial charge is 0.450 e. The number of ether oxygens (including phenoxy) is 1. The predicted molar refractivity (Wildman–Crippen MR) is 121 cm³/mol. The minimum Gasteiger partial charge on any atom is -0.450 e. The molecule has 1 heterocycles. The first-order chi connectivity index (χ1) is 12.5. The number of carbonyl (C=O) groups excluding carboxylic acids is 1. The number of halogens is 1. The molecule has 0 radical (unpaired) electrons. The van der Waals surface area contributed by atoms with Crippen LogP contribution in [0, 0.1) is 11.8 Å². The van der Waals surface area contributed by atoms with E-state index in [9.17, 15) is 4.79 Å². The summed E-state index contributed by atoms with van der Waals surface area (Å²) in [5.74, 6) is 2.21. The van der Waals surface area contributed by atoms with Gasteiger partial charge in [-0.1, -0.05) is 13.8 Å². The summed E-state index contributed by atoms with van der Waals surface area (Å²) in [7, 11) is 0. The van der Waals surface area contributed by atoms with Crippen molar-refractivity contribution in [1.82, 2.24) is 20.4 Å². The molecule has 2 rings (SSSR count). The third-order valence-corrected chi connectivity index (χ3v) is 4.84. The SMILES string of the molecule is CCNC(=NCC(NC(=O)OCC)C1CC1)N1CCN(CC(C)C)CC1.I. The molecule has 1 amide bonds. The summed E-state index contributed by atoms with van der Waals surface area (Å²) in [5.41, 5.74) is 0. The van der Waals surface area contributed by atoms with Gasteiger partial charge < -0.3 is 20.3 Å². The Balaban J connectivity index is 0.00000364. The molecule has 1 saturated carbocycles. The second-order valence-corrected chi connectivity index (χ2v) is 7.68. The minimum absolute atomic E-state index is 0. The van der Waals surface area contributed by atoms with Crippen LogP contribution in [0.3, 0.4) is 0 Å². The van der Waals surface area contributed by atoms with Gasteiger partial charge >= 0.3 is 6.09 Å². The lowest BCUT2D eigenvalue weighted by Gasteiger charge is -2.37. The highest BCUT2D eigenvalue weighted by atomic mass is 127. The molecular weight excluding hydrogens is 457 g/mol. The van der Waals surface area contributed by atoms with Crippen LogP contribution in [0.2, 0.25) is 0 Å². The quantitative estimate of drug-likeness (QED) is 0.308. The first-order valence-corrected chi connectivity index (χ1v) is 10.2. The molecule has 1 atom stereocenters. The topological polar surface area (TPSA) is 69.2 Å². The Kier molecular flexibility index (Phi) is 11.4. The van der Waals surface area contributed by atoms with Gasteiger partial charge in [0.25, 0.3) is 0 Å². The van der Waals surface area contributed by atoms with E-state index in [-0.39, 0.29) is 36.1 Å². The molecule has 0 spiro atoms. The van der Waals surface area contributed by atoms with Crippen molar-refractivity contribution in [1.29, 1.82) is 0 Å². The first-order valence-electron chi connectivity index (χ1n) is 10.2. The number of carbonyl (C=O) groups is 1. The molecule has 27 heavy (non-hydrogen) atoms. The van der Waals surface area contributed by atoms with Crippen molar-refractivity contribution in [3.05, 3.63) is 0 Å². The van der Waals surface area contributed by atoms with Crippen molar-refractivity contribution in [2.75, 3.05) is 52.4 Å². The van der Waals surface area contributed by atoms with E-state index >= 15 is 0 Å². The monoisotopic (exact) mass is 495 g/mol. The summed E-state index contributed by atoms with van der Waals surface area (Å²) in [6, 6.07) is 0.0740. The third-order valence-electron chi connectivity index (χ3n) is 4.84. The smallest absolute Gasteiger partial charge is 0.407 e. The predicted octanol–water partition coefficient (Wildman–Crippen LogP) is 2.37. The van der Waals surface area contributed by atoms with Crippen molar-refractivity contribution in [3.8, 4) is 0 Å². The van der Waals surface area contributed by atoms with Gasteiger partial charge in [-0.3, -0.25) is 9.89 Å². The van der Waals surface area contributed by atoms with E-state index in [1.165, 1.54) is 0 Å². The Morgan fingerprint density at radius 1 is 1.19 bits per heavy atom. The van der Waals surface area contributed by atoms with Crippen LogP contribution in [-0.4, -0.2) is 80.3 Å². The molecule has 7 nitrogen and oxygen atoms in total. The van der Waals surface area contributed by atoms with Gasteiger partial charge in [-0.15, -0.1) is 24.0 Å². The summed E-state index contributed by atoms with van der Waals surface area (Å²) in [6.45, 7) is 15.6. The number of guanidine groups is 1. The van der Waals surface area contributed by atoms with E-state index in [2.05, 4.69) is 41.2 Å². The molecule has 1 saturated heterocycles. The maximum absolute atomic E-state index is 11.8. The molecule has 2 N–H and O–H groups in total. The highest BCUT2D eigenvalue weighted by molar-refractivity contribution is 14.0. The zero-order chi connectivity index (χ0) is 18.9. The molecule has 2 fully saturated rings. The van der Waals surface area contributed by atoms with Crippen LogP contribution in [-0.2, 0) is 4.74 Å². The Labute approximate surface area is 181 Å². The van der Waals surface area contributed by atoms with E-state index in [0.717, 1.165) is 58.1 Å². The highest BCUT2D eigenvalue weighted by Crippen LogP contribution is 2.32. The fourth-order valence-electron chi connectivity index (χ4n) is 3.40. The third kappa shape index (κ3) is 8.85. The Morgan fingerprint density at radius 3 is 2.37 bits per heavy atom. The molecule has 1 aliphatic carbocycles. The van der Waals surface area contributed by atoms with E-state index < -0.39 is 0 Å². The molecular formula is C19H38IN5O2. The molecule has 158 valence electrons. The number of aliphatic imine (C=N–C) groups is 1. The fourth-order valence-corrected chi connectivity index (χ4v) is 3.40. The van der Waals surface area contributed by atoms with Gasteiger partial charge in [0.05, 0.1) is 19.2 Å². The van der Waals surface area contributed by atoms with E-state index in [1.807, 2.05) is 6.92 Å². The van der Waals surface area contributed by atoms with Gasteiger partial charge in [0, 0.05) is 39.3 Å². The van der Waals surface area contributed by atoms with E-state index in [1.54, 1.807) is 0 Å². The Morgan fingerprint density at radius 2 is 1.85 bits per heavy atom. The van der Waals surface area contributed by atoms with Crippen LogP contribution in [0.25, 0.3) is 0 Å². The number of piperazine rings is 1. The molecule has 0 bridgehead atoms. The number of alkyl carbamates (subject to hydrolysis) is 1. The van der Waals surface area contributed by atoms with Crippen LogP contribution >= 0.6 is 24.0 Å². The number of nitrogens with zero attached hydrogens (tertiary/aromatic N) is 3. The molecule has 8 heteroatoms. The van der Waals surface area contributed by atoms with Crippen molar-refractivity contribution in [3.63, 3.8) is 0 Å². The Bertz CT molecular complexity index is 463. The minimum atomic E-state index is -0.327. The van der Waals surface area contributed by atoms with Crippen LogP contribution < -0.4 is 10.6 Å². The average Bonchev–Trinajstić information content (AvgIpc) is 3.43. The highest BCUT2D eigenvalue weighted by Gasteiger charge is 2.32. The lowest BCUT2D eigenvalue weighted by molar-refractivity contribution is 0.147. The maximum Gasteiger partial charge on any atom is 0.407 e. The number of hydrogen-bond donors (Lipinski definition) is 2. The van der Waals surface area contributed by atoms with Gasteiger partial charge in [-0.25, -0.2) is 4.79 Å². The number of hydrogen-bond acceptors (Lipinski definition) is 4. The molecule has 0 aromatic rings. The number of nitrogens with one attached hydrogen (secondary N) is 2. The normalized spacial score (nSPS) is 19.4. The van der Waals surface area contributed by atoms with Gasteiger partial charge in [-0.05, 0) is 38.5 Å². The molecule has 1 unspecified atom stereocenters. The van der Waals surface area contributed by atoms with E-state index in [0.29, 0.717) is 25.0 Å². The first kappa shape index (κ1) is 24.3. The summed E-state index contributed by atoms with van der Waals surface area (Å²) < 4.78 is 5.03. The second kappa shape index (κ2) is 12.6. The summed E-state index contributed by atoms with van der Waals surface area (Å²) in [4.78, 5) is 21.5. The van der Waals surface area contributed by atoms with Crippen molar-refractivity contribution in [2.45, 2.75) is 46.6 Å². The van der Waals surface area contributed by atoms with Gasteiger partial charge in [0.2, 0.25) is 0 Å². The van der Waals surface area contributed by atoms with Gasteiger partial charge in [0.15, 0.2) is 5.96 Å². The molecule has 0 aromatic carbocycles. The fraction of sp³-hybridized carbons (Fsp3) is 0.895. The maximum atomic E-state index is 11.8. The van der Waals surface area contributed by atoms with Crippen molar-refractivity contribution in [2.24, 2.45) is 16.8 Å². The lowest BCUT2D eigenvalue weighted by Crippen LogP contribution is -2.53.